The van der Waals surface area contributed by atoms with Crippen LogP contribution < -0.4 is 5.32 Å². The number of hydrogen-bond acceptors (Lipinski definition) is 3. The van der Waals surface area contributed by atoms with E-state index in [2.05, 4.69) is 15.5 Å². The van der Waals surface area contributed by atoms with E-state index in [0.717, 1.165) is 55.1 Å². The maximum atomic E-state index is 12.3. The first-order chi connectivity index (χ1) is 11.1. The van der Waals surface area contributed by atoms with E-state index in [4.69, 9.17) is 4.74 Å². The summed E-state index contributed by atoms with van der Waals surface area (Å²) in [5, 5.41) is 10.2. The molecule has 2 heterocycles. The van der Waals surface area contributed by atoms with E-state index in [9.17, 15) is 4.79 Å². The number of amides is 1. The summed E-state index contributed by atoms with van der Waals surface area (Å²) in [4.78, 5) is 12.3. The predicted octanol–water partition coefficient (Wildman–Crippen LogP) is 2.85. The van der Waals surface area contributed by atoms with Gasteiger partial charge in [0.2, 0.25) is 0 Å². The molecule has 2 N–H and O–H groups in total. The Kier molecular flexibility index (Phi) is 4.76. The fourth-order valence-electron chi connectivity index (χ4n) is 3.05. The van der Waals surface area contributed by atoms with Crippen LogP contribution in [0.4, 0.5) is 0 Å². The third-order valence-corrected chi connectivity index (χ3v) is 4.46. The van der Waals surface area contributed by atoms with Crippen LogP contribution in [0, 0.1) is 19.8 Å². The number of rotatable bonds is 4. The van der Waals surface area contributed by atoms with E-state index < -0.39 is 0 Å². The molecule has 122 valence electrons. The number of carbonyl (C=O) groups excluding carboxylic acids is 1. The standard InChI is InChI=1S/C18H23N3O2/c1-12-17(13(2)21-20-12)15-3-5-16(6-4-15)18(22)19-11-14-7-9-23-10-8-14/h3-6,14H,7-11H2,1-2H3,(H,19,22)(H,20,21). The maximum Gasteiger partial charge on any atom is 0.251 e. The molecule has 0 spiro atoms. The monoisotopic (exact) mass is 313 g/mol. The van der Waals surface area contributed by atoms with Gasteiger partial charge in [-0.05, 0) is 50.3 Å². The number of ether oxygens (including phenoxy) is 1. The van der Waals surface area contributed by atoms with Gasteiger partial charge in [-0.1, -0.05) is 12.1 Å². The Balaban J connectivity index is 1.63. The molecule has 1 aromatic heterocycles. The molecule has 1 amide bonds. The number of benzene rings is 1. The van der Waals surface area contributed by atoms with Crippen molar-refractivity contribution in [1.29, 1.82) is 0 Å². The van der Waals surface area contributed by atoms with E-state index in [0.29, 0.717) is 11.5 Å². The van der Waals surface area contributed by atoms with Crippen molar-refractivity contribution in [3.05, 3.63) is 41.2 Å². The molecule has 0 bridgehead atoms. The van der Waals surface area contributed by atoms with E-state index in [-0.39, 0.29) is 5.91 Å². The molecule has 0 atom stereocenters. The van der Waals surface area contributed by atoms with Crippen molar-refractivity contribution in [3.8, 4) is 11.1 Å². The number of H-pyrrole nitrogens is 1. The molecule has 1 aliphatic heterocycles. The van der Waals surface area contributed by atoms with Crippen LogP contribution in [0.25, 0.3) is 11.1 Å². The molecular weight excluding hydrogens is 290 g/mol. The van der Waals surface area contributed by atoms with Crippen molar-refractivity contribution >= 4 is 5.91 Å². The Labute approximate surface area is 136 Å². The number of hydrogen-bond donors (Lipinski definition) is 2. The minimum Gasteiger partial charge on any atom is -0.381 e. The first kappa shape index (κ1) is 15.7. The van der Waals surface area contributed by atoms with Gasteiger partial charge in [0.05, 0.1) is 5.69 Å². The third-order valence-electron chi connectivity index (χ3n) is 4.46. The Morgan fingerprint density at radius 3 is 2.57 bits per heavy atom. The number of nitrogens with zero attached hydrogens (tertiary/aromatic N) is 1. The SMILES string of the molecule is Cc1n[nH]c(C)c1-c1ccc(C(=O)NCC2CCOCC2)cc1. The molecule has 2 aromatic rings. The lowest BCUT2D eigenvalue weighted by molar-refractivity contribution is 0.0642. The Morgan fingerprint density at radius 1 is 1.26 bits per heavy atom. The molecule has 0 unspecified atom stereocenters. The van der Waals surface area contributed by atoms with Gasteiger partial charge < -0.3 is 10.1 Å². The number of aryl methyl sites for hydroxylation is 2. The predicted molar refractivity (Wildman–Crippen MR) is 89.4 cm³/mol. The molecule has 1 saturated heterocycles. The van der Waals surface area contributed by atoms with Gasteiger partial charge >= 0.3 is 0 Å². The summed E-state index contributed by atoms with van der Waals surface area (Å²) in [5.74, 6) is 0.520. The molecule has 1 aromatic carbocycles. The van der Waals surface area contributed by atoms with Crippen molar-refractivity contribution in [2.45, 2.75) is 26.7 Å². The second kappa shape index (κ2) is 6.96. The summed E-state index contributed by atoms with van der Waals surface area (Å²) >= 11 is 0. The van der Waals surface area contributed by atoms with E-state index in [1.165, 1.54) is 0 Å². The van der Waals surface area contributed by atoms with E-state index in [1.807, 2.05) is 38.1 Å². The molecule has 0 saturated carbocycles. The highest BCUT2D eigenvalue weighted by molar-refractivity contribution is 5.94. The van der Waals surface area contributed by atoms with Crippen LogP contribution in [0.5, 0.6) is 0 Å². The number of nitrogens with one attached hydrogen (secondary N) is 2. The number of carbonyl (C=O) groups is 1. The van der Waals surface area contributed by atoms with Crippen LogP contribution in [0.2, 0.25) is 0 Å². The normalized spacial score (nSPS) is 15.6. The third kappa shape index (κ3) is 3.62. The largest absolute Gasteiger partial charge is 0.381 e. The Morgan fingerprint density at radius 2 is 1.96 bits per heavy atom. The van der Waals surface area contributed by atoms with E-state index >= 15 is 0 Å². The zero-order chi connectivity index (χ0) is 16.2. The molecule has 0 aliphatic carbocycles. The summed E-state index contributed by atoms with van der Waals surface area (Å²) in [5.41, 5.74) is 4.90. The quantitative estimate of drug-likeness (QED) is 0.912. The molecular formula is C18H23N3O2. The summed E-state index contributed by atoms with van der Waals surface area (Å²) < 4.78 is 5.34. The number of aromatic amines is 1. The molecule has 1 aliphatic rings. The average Bonchev–Trinajstić information content (AvgIpc) is 2.92. The van der Waals surface area contributed by atoms with Crippen LogP contribution in [0.3, 0.4) is 0 Å². The maximum absolute atomic E-state index is 12.3. The van der Waals surface area contributed by atoms with Crippen LogP contribution in [0.1, 0.15) is 34.6 Å². The molecule has 0 radical (unpaired) electrons. The molecule has 23 heavy (non-hydrogen) atoms. The van der Waals surface area contributed by atoms with Crippen molar-refractivity contribution in [3.63, 3.8) is 0 Å². The topological polar surface area (TPSA) is 67.0 Å². The minimum absolute atomic E-state index is 0.0105. The highest BCUT2D eigenvalue weighted by Gasteiger charge is 2.15. The molecule has 1 fully saturated rings. The molecule has 5 heteroatoms. The van der Waals surface area contributed by atoms with Gasteiger partial charge in [-0.2, -0.15) is 5.10 Å². The summed E-state index contributed by atoms with van der Waals surface area (Å²) in [6, 6.07) is 7.71. The van der Waals surface area contributed by atoms with Crippen LogP contribution in [-0.4, -0.2) is 35.9 Å². The lowest BCUT2D eigenvalue weighted by atomic mass is 10.00. The smallest absolute Gasteiger partial charge is 0.251 e. The lowest BCUT2D eigenvalue weighted by Gasteiger charge is -2.22. The Bertz CT molecular complexity index is 651. The van der Waals surface area contributed by atoms with Crippen molar-refractivity contribution in [2.24, 2.45) is 5.92 Å². The van der Waals surface area contributed by atoms with Crippen molar-refractivity contribution in [2.75, 3.05) is 19.8 Å². The van der Waals surface area contributed by atoms with Crippen LogP contribution in [-0.2, 0) is 4.74 Å². The van der Waals surface area contributed by atoms with Gasteiger partial charge in [0.25, 0.3) is 5.91 Å². The first-order valence-electron chi connectivity index (χ1n) is 8.13. The van der Waals surface area contributed by atoms with Gasteiger partial charge in [0.15, 0.2) is 0 Å². The average molecular weight is 313 g/mol. The highest BCUT2D eigenvalue weighted by Crippen LogP contribution is 2.25. The van der Waals surface area contributed by atoms with Gasteiger partial charge in [0.1, 0.15) is 0 Å². The zero-order valence-electron chi connectivity index (χ0n) is 13.7. The van der Waals surface area contributed by atoms with E-state index in [1.54, 1.807) is 0 Å². The first-order valence-corrected chi connectivity index (χ1v) is 8.13. The van der Waals surface area contributed by atoms with Gasteiger partial charge in [-0.25, -0.2) is 0 Å². The number of aromatic nitrogens is 2. The van der Waals surface area contributed by atoms with Gasteiger partial charge in [0, 0.05) is 36.6 Å². The summed E-state index contributed by atoms with van der Waals surface area (Å²) in [6.07, 6.45) is 2.05. The van der Waals surface area contributed by atoms with Crippen LogP contribution >= 0.6 is 0 Å². The fraction of sp³-hybridized carbons (Fsp3) is 0.444. The summed E-state index contributed by atoms with van der Waals surface area (Å²) in [7, 11) is 0. The van der Waals surface area contributed by atoms with Crippen LogP contribution in [0.15, 0.2) is 24.3 Å². The second-order valence-corrected chi connectivity index (χ2v) is 6.15. The van der Waals surface area contributed by atoms with Crippen molar-refractivity contribution < 1.29 is 9.53 Å². The van der Waals surface area contributed by atoms with Crippen molar-refractivity contribution in [1.82, 2.24) is 15.5 Å². The highest BCUT2D eigenvalue weighted by atomic mass is 16.5. The summed E-state index contributed by atoms with van der Waals surface area (Å²) in [6.45, 7) is 6.32. The molecule has 5 nitrogen and oxygen atoms in total. The zero-order valence-corrected chi connectivity index (χ0v) is 13.7. The fourth-order valence-corrected chi connectivity index (χ4v) is 3.05. The molecule has 3 rings (SSSR count). The Hall–Kier alpha value is -2.14. The second-order valence-electron chi connectivity index (χ2n) is 6.15. The minimum atomic E-state index is -0.0105. The van der Waals surface area contributed by atoms with Gasteiger partial charge in [-0.3, -0.25) is 9.89 Å². The lowest BCUT2D eigenvalue weighted by Crippen LogP contribution is -2.32. The van der Waals surface area contributed by atoms with Gasteiger partial charge in [-0.15, -0.1) is 0 Å².